The second kappa shape index (κ2) is 8.41. The van der Waals surface area contributed by atoms with E-state index in [4.69, 9.17) is 0 Å². The van der Waals surface area contributed by atoms with E-state index in [9.17, 15) is 13.2 Å². The SMILES string of the molecule is CC(C)CC(C)N(C(=O)c1ccc(CS(C)(=O)=O)cc1)c1ccc2[nH]ccc2c1. The first-order valence-corrected chi connectivity index (χ1v) is 11.9. The van der Waals surface area contributed by atoms with Crippen molar-refractivity contribution in [2.75, 3.05) is 11.2 Å². The maximum absolute atomic E-state index is 13.4. The third-order valence-corrected chi connectivity index (χ3v) is 5.77. The van der Waals surface area contributed by atoms with E-state index in [-0.39, 0.29) is 17.7 Å². The topological polar surface area (TPSA) is 70.2 Å². The molecule has 1 aromatic heterocycles. The van der Waals surface area contributed by atoms with Crippen LogP contribution in [-0.4, -0.2) is 31.6 Å². The van der Waals surface area contributed by atoms with Crippen molar-refractivity contribution in [2.24, 2.45) is 5.92 Å². The lowest BCUT2D eigenvalue weighted by Crippen LogP contribution is -2.39. The Bertz CT molecular complexity index is 1100. The molecule has 0 aliphatic heterocycles. The third kappa shape index (κ3) is 5.26. The van der Waals surface area contributed by atoms with Crippen molar-refractivity contribution in [1.82, 2.24) is 4.98 Å². The summed E-state index contributed by atoms with van der Waals surface area (Å²) in [5.41, 5.74) is 3.12. The van der Waals surface area contributed by atoms with Crippen molar-refractivity contribution in [1.29, 1.82) is 0 Å². The van der Waals surface area contributed by atoms with Crippen LogP contribution < -0.4 is 4.90 Å². The summed E-state index contributed by atoms with van der Waals surface area (Å²) < 4.78 is 23.0. The zero-order valence-corrected chi connectivity index (χ0v) is 18.2. The number of benzene rings is 2. The number of hydrogen-bond donors (Lipinski definition) is 1. The summed E-state index contributed by atoms with van der Waals surface area (Å²) in [6.07, 6.45) is 3.97. The molecule has 0 aliphatic rings. The van der Waals surface area contributed by atoms with E-state index < -0.39 is 9.84 Å². The molecule has 0 saturated carbocycles. The highest BCUT2D eigenvalue weighted by Gasteiger charge is 2.24. The van der Waals surface area contributed by atoms with Gasteiger partial charge in [0.2, 0.25) is 0 Å². The quantitative estimate of drug-likeness (QED) is 0.606. The number of aromatic nitrogens is 1. The number of anilines is 1. The van der Waals surface area contributed by atoms with Crippen LogP contribution in [-0.2, 0) is 15.6 Å². The van der Waals surface area contributed by atoms with Crippen molar-refractivity contribution in [3.05, 3.63) is 65.9 Å². The zero-order chi connectivity index (χ0) is 21.2. The minimum atomic E-state index is -3.11. The molecule has 0 spiro atoms. The predicted octanol–water partition coefficient (Wildman–Crippen LogP) is 4.79. The number of carbonyl (C=O) groups excluding carboxylic acids is 1. The van der Waals surface area contributed by atoms with Gasteiger partial charge < -0.3 is 9.88 Å². The molecule has 0 aliphatic carbocycles. The first-order chi connectivity index (χ1) is 13.6. The van der Waals surface area contributed by atoms with Crippen molar-refractivity contribution in [3.8, 4) is 0 Å². The van der Waals surface area contributed by atoms with Crippen LogP contribution >= 0.6 is 0 Å². The van der Waals surface area contributed by atoms with Gasteiger partial charge in [0.1, 0.15) is 0 Å². The molecule has 1 unspecified atom stereocenters. The summed E-state index contributed by atoms with van der Waals surface area (Å²) in [7, 11) is -3.11. The highest BCUT2D eigenvalue weighted by atomic mass is 32.2. The van der Waals surface area contributed by atoms with E-state index in [0.29, 0.717) is 17.0 Å². The highest BCUT2D eigenvalue weighted by Crippen LogP contribution is 2.27. The fraction of sp³-hybridized carbons (Fsp3) is 0.348. The van der Waals surface area contributed by atoms with Gasteiger partial charge in [-0.15, -0.1) is 0 Å². The minimum Gasteiger partial charge on any atom is -0.361 e. The Morgan fingerprint density at radius 3 is 2.34 bits per heavy atom. The van der Waals surface area contributed by atoms with E-state index >= 15 is 0 Å². The first kappa shape index (κ1) is 21.1. The average Bonchev–Trinajstić information content (AvgIpc) is 3.08. The number of nitrogens with one attached hydrogen (secondary N) is 1. The van der Waals surface area contributed by atoms with Crippen LogP contribution in [0.2, 0.25) is 0 Å². The molecule has 29 heavy (non-hydrogen) atoms. The molecule has 3 rings (SSSR count). The number of aromatic amines is 1. The number of sulfone groups is 1. The summed E-state index contributed by atoms with van der Waals surface area (Å²) >= 11 is 0. The van der Waals surface area contributed by atoms with Crippen LogP contribution in [0.25, 0.3) is 10.9 Å². The van der Waals surface area contributed by atoms with E-state index in [1.165, 1.54) is 6.26 Å². The summed E-state index contributed by atoms with van der Waals surface area (Å²) in [6, 6.07) is 14.9. The van der Waals surface area contributed by atoms with E-state index in [2.05, 4.69) is 25.8 Å². The monoisotopic (exact) mass is 412 g/mol. The van der Waals surface area contributed by atoms with Gasteiger partial charge in [-0.05, 0) is 61.2 Å². The van der Waals surface area contributed by atoms with E-state index in [1.54, 1.807) is 24.3 Å². The van der Waals surface area contributed by atoms with Crippen molar-refractivity contribution >= 4 is 32.3 Å². The first-order valence-electron chi connectivity index (χ1n) is 9.81. The van der Waals surface area contributed by atoms with Gasteiger partial charge in [0.05, 0.1) is 5.75 Å². The highest BCUT2D eigenvalue weighted by molar-refractivity contribution is 7.89. The molecule has 0 radical (unpaired) electrons. The molecule has 0 bridgehead atoms. The molecule has 0 saturated heterocycles. The summed E-state index contributed by atoms with van der Waals surface area (Å²) in [5, 5.41) is 1.06. The van der Waals surface area contributed by atoms with Gasteiger partial charge in [0, 0.05) is 40.6 Å². The van der Waals surface area contributed by atoms with Crippen molar-refractivity contribution in [3.63, 3.8) is 0 Å². The number of carbonyl (C=O) groups is 1. The minimum absolute atomic E-state index is 0.0228. The van der Waals surface area contributed by atoms with Gasteiger partial charge in [-0.2, -0.15) is 0 Å². The van der Waals surface area contributed by atoms with E-state index in [0.717, 1.165) is 23.0 Å². The Labute approximate surface area is 172 Å². The summed E-state index contributed by atoms with van der Waals surface area (Å²) in [5.74, 6) is 0.339. The molecule has 1 N–H and O–H groups in total. The smallest absolute Gasteiger partial charge is 0.258 e. The van der Waals surface area contributed by atoms with Gasteiger partial charge in [-0.25, -0.2) is 8.42 Å². The van der Waals surface area contributed by atoms with Crippen LogP contribution in [0.15, 0.2) is 54.7 Å². The lowest BCUT2D eigenvalue weighted by molar-refractivity contribution is 0.0976. The van der Waals surface area contributed by atoms with E-state index in [1.807, 2.05) is 35.4 Å². The standard InChI is InChI=1S/C23H28N2O3S/c1-16(2)13-17(3)25(21-9-10-22-20(14-21)11-12-24-22)23(26)19-7-5-18(6-8-19)15-29(4,27)28/h5-12,14,16-17,24H,13,15H2,1-4H3. The molecular formula is C23H28N2O3S. The second-order valence-electron chi connectivity index (χ2n) is 8.17. The number of amides is 1. The molecule has 2 aromatic carbocycles. The largest absolute Gasteiger partial charge is 0.361 e. The average molecular weight is 413 g/mol. The number of nitrogens with zero attached hydrogens (tertiary/aromatic N) is 1. The number of H-pyrrole nitrogens is 1. The maximum atomic E-state index is 13.4. The van der Waals surface area contributed by atoms with Crippen LogP contribution in [0.1, 0.15) is 43.1 Å². The third-order valence-electron chi connectivity index (χ3n) is 4.92. The zero-order valence-electron chi connectivity index (χ0n) is 17.3. The van der Waals surface area contributed by atoms with Gasteiger partial charge >= 0.3 is 0 Å². The number of rotatable bonds is 7. The Morgan fingerprint density at radius 1 is 1.03 bits per heavy atom. The van der Waals surface area contributed by atoms with Crippen LogP contribution in [0.3, 0.4) is 0 Å². The van der Waals surface area contributed by atoms with Crippen LogP contribution in [0, 0.1) is 5.92 Å². The van der Waals surface area contributed by atoms with Gasteiger partial charge in [0.25, 0.3) is 5.91 Å². The molecule has 1 atom stereocenters. The molecular weight excluding hydrogens is 384 g/mol. The maximum Gasteiger partial charge on any atom is 0.258 e. The predicted molar refractivity (Wildman–Crippen MR) is 119 cm³/mol. The fourth-order valence-corrected chi connectivity index (χ4v) is 4.53. The lowest BCUT2D eigenvalue weighted by atomic mass is 10.0. The van der Waals surface area contributed by atoms with Crippen molar-refractivity contribution in [2.45, 2.75) is 39.0 Å². The Balaban J connectivity index is 1.95. The van der Waals surface area contributed by atoms with Crippen LogP contribution in [0.4, 0.5) is 5.69 Å². The summed E-state index contributed by atoms with van der Waals surface area (Å²) in [4.78, 5) is 18.5. The molecule has 5 nitrogen and oxygen atoms in total. The molecule has 1 amide bonds. The molecule has 0 fully saturated rings. The number of hydrogen-bond acceptors (Lipinski definition) is 3. The molecule has 6 heteroatoms. The lowest BCUT2D eigenvalue weighted by Gasteiger charge is -2.31. The fourth-order valence-electron chi connectivity index (χ4n) is 3.74. The summed E-state index contributed by atoms with van der Waals surface area (Å²) in [6.45, 7) is 6.36. The molecule has 154 valence electrons. The molecule has 1 heterocycles. The Kier molecular flexibility index (Phi) is 6.13. The van der Waals surface area contributed by atoms with Crippen molar-refractivity contribution < 1.29 is 13.2 Å². The normalized spacial score (nSPS) is 13.0. The van der Waals surface area contributed by atoms with Gasteiger partial charge in [0.15, 0.2) is 9.84 Å². The number of fused-ring (bicyclic) bond motifs is 1. The van der Waals surface area contributed by atoms with Crippen LogP contribution in [0.5, 0.6) is 0 Å². The second-order valence-corrected chi connectivity index (χ2v) is 10.3. The Hall–Kier alpha value is -2.60. The van der Waals surface area contributed by atoms with Gasteiger partial charge in [-0.3, -0.25) is 4.79 Å². The molecule has 3 aromatic rings. The van der Waals surface area contributed by atoms with Gasteiger partial charge in [-0.1, -0.05) is 26.0 Å². The Morgan fingerprint density at radius 2 is 1.72 bits per heavy atom.